The van der Waals surface area contributed by atoms with Crippen LogP contribution in [-0.2, 0) is 17.8 Å². The number of carbonyl (C=O) groups is 1. The Labute approximate surface area is 107 Å². The number of carboxylic acid groups (broad SMARTS) is 1. The van der Waals surface area contributed by atoms with Gasteiger partial charge in [-0.1, -0.05) is 27.7 Å². The van der Waals surface area contributed by atoms with Gasteiger partial charge in [0.2, 0.25) is 0 Å². The first-order chi connectivity index (χ1) is 8.30. The van der Waals surface area contributed by atoms with Crippen molar-refractivity contribution in [2.45, 2.75) is 53.5 Å². The summed E-state index contributed by atoms with van der Waals surface area (Å²) in [5, 5.41) is 20.2. The molecule has 0 radical (unpaired) electrons. The van der Waals surface area contributed by atoms with Gasteiger partial charge < -0.3 is 5.11 Å². The van der Waals surface area contributed by atoms with Crippen molar-refractivity contribution in [3.8, 4) is 0 Å². The van der Waals surface area contributed by atoms with Crippen LogP contribution in [0.2, 0.25) is 0 Å². The van der Waals surface area contributed by atoms with Crippen molar-refractivity contribution < 1.29 is 9.90 Å². The van der Waals surface area contributed by atoms with Gasteiger partial charge in [0.15, 0.2) is 5.82 Å². The first-order valence-corrected chi connectivity index (χ1v) is 6.27. The van der Waals surface area contributed by atoms with E-state index >= 15 is 0 Å². The van der Waals surface area contributed by atoms with Crippen molar-refractivity contribution in [3.05, 3.63) is 5.82 Å². The van der Waals surface area contributed by atoms with Gasteiger partial charge in [0, 0.05) is 19.4 Å². The topological polar surface area (TPSA) is 80.9 Å². The summed E-state index contributed by atoms with van der Waals surface area (Å²) < 4.78 is 1.71. The van der Waals surface area contributed by atoms with Gasteiger partial charge in [0.25, 0.3) is 0 Å². The van der Waals surface area contributed by atoms with Crippen molar-refractivity contribution in [1.82, 2.24) is 20.2 Å². The molecule has 1 rings (SSSR count). The van der Waals surface area contributed by atoms with E-state index < -0.39 is 5.97 Å². The Kier molecular flexibility index (Phi) is 4.81. The van der Waals surface area contributed by atoms with Crippen LogP contribution in [0.25, 0.3) is 0 Å². The molecule has 102 valence electrons. The zero-order valence-corrected chi connectivity index (χ0v) is 11.6. The molecule has 0 aliphatic carbocycles. The summed E-state index contributed by atoms with van der Waals surface area (Å²) in [5.41, 5.74) is 0.206. The lowest BCUT2D eigenvalue weighted by atomic mass is 9.80. The van der Waals surface area contributed by atoms with E-state index in [9.17, 15) is 4.79 Å². The lowest BCUT2D eigenvalue weighted by Crippen LogP contribution is -2.21. The summed E-state index contributed by atoms with van der Waals surface area (Å²) in [5.74, 6) is 0.511. The Bertz CT molecular complexity index is 395. The smallest absolute Gasteiger partial charge is 0.303 e. The molecule has 0 aromatic carbocycles. The molecule has 0 amide bonds. The molecule has 1 aromatic rings. The van der Waals surface area contributed by atoms with Crippen molar-refractivity contribution in [2.24, 2.45) is 11.3 Å². The summed E-state index contributed by atoms with van der Waals surface area (Å²) in [6.45, 7) is 9.31. The van der Waals surface area contributed by atoms with E-state index in [2.05, 4.69) is 43.2 Å². The van der Waals surface area contributed by atoms with E-state index in [0.29, 0.717) is 18.9 Å². The predicted molar refractivity (Wildman–Crippen MR) is 67.0 cm³/mol. The molecule has 1 atom stereocenters. The van der Waals surface area contributed by atoms with E-state index in [1.54, 1.807) is 4.68 Å². The molecule has 18 heavy (non-hydrogen) atoms. The highest BCUT2D eigenvalue weighted by molar-refractivity contribution is 5.66. The number of tetrazole rings is 1. The van der Waals surface area contributed by atoms with Crippen LogP contribution in [0.3, 0.4) is 0 Å². The maximum Gasteiger partial charge on any atom is 0.303 e. The molecule has 0 aliphatic heterocycles. The zero-order valence-electron chi connectivity index (χ0n) is 11.6. The Morgan fingerprint density at radius 2 is 2.11 bits per heavy atom. The average molecular weight is 254 g/mol. The third-order valence-corrected chi connectivity index (χ3v) is 3.33. The standard InChI is InChI=1S/C12H22N4O2/c1-9(12(2,3)4)8-10-13-14-15-16(10)7-5-6-11(17)18/h9H,5-8H2,1-4H3,(H,17,18). The van der Waals surface area contributed by atoms with Crippen LogP contribution in [0.15, 0.2) is 0 Å². The Hall–Kier alpha value is -1.46. The number of nitrogens with zero attached hydrogens (tertiary/aromatic N) is 4. The first kappa shape index (κ1) is 14.6. The molecule has 0 fully saturated rings. The number of rotatable bonds is 6. The number of aryl methyl sites for hydroxylation is 1. The normalized spacial score (nSPS) is 13.6. The van der Waals surface area contributed by atoms with Crippen molar-refractivity contribution in [2.75, 3.05) is 0 Å². The Morgan fingerprint density at radius 3 is 2.67 bits per heavy atom. The van der Waals surface area contributed by atoms with Crippen LogP contribution >= 0.6 is 0 Å². The van der Waals surface area contributed by atoms with Gasteiger partial charge >= 0.3 is 5.97 Å². The molecule has 1 unspecified atom stereocenters. The fourth-order valence-electron chi connectivity index (χ4n) is 1.50. The van der Waals surface area contributed by atoms with E-state index in [4.69, 9.17) is 5.11 Å². The Morgan fingerprint density at radius 1 is 1.44 bits per heavy atom. The SMILES string of the molecule is CC(Cc1nnnn1CCCC(=O)O)C(C)(C)C. The molecule has 0 spiro atoms. The van der Waals surface area contributed by atoms with Gasteiger partial charge in [-0.15, -0.1) is 5.10 Å². The van der Waals surface area contributed by atoms with Gasteiger partial charge in [0.05, 0.1) is 0 Å². The minimum absolute atomic E-state index is 0.147. The lowest BCUT2D eigenvalue weighted by molar-refractivity contribution is -0.137. The maximum atomic E-state index is 10.5. The molecular formula is C12H22N4O2. The maximum absolute atomic E-state index is 10.5. The lowest BCUT2D eigenvalue weighted by Gasteiger charge is -2.26. The molecule has 0 saturated heterocycles. The summed E-state index contributed by atoms with van der Waals surface area (Å²) >= 11 is 0. The van der Waals surface area contributed by atoms with Gasteiger partial charge in [-0.05, 0) is 28.2 Å². The molecule has 0 bridgehead atoms. The van der Waals surface area contributed by atoms with Crippen LogP contribution in [0.1, 0.15) is 46.4 Å². The van der Waals surface area contributed by atoms with Crippen LogP contribution in [-0.4, -0.2) is 31.3 Å². The molecule has 6 heteroatoms. The highest BCUT2D eigenvalue weighted by Crippen LogP contribution is 2.27. The third-order valence-electron chi connectivity index (χ3n) is 3.33. The van der Waals surface area contributed by atoms with Crippen LogP contribution in [0.5, 0.6) is 0 Å². The molecule has 1 N–H and O–H groups in total. The quantitative estimate of drug-likeness (QED) is 0.836. The highest BCUT2D eigenvalue weighted by atomic mass is 16.4. The minimum atomic E-state index is -0.785. The third kappa shape index (κ3) is 4.43. The number of aliphatic carboxylic acids is 1. The summed E-state index contributed by atoms with van der Waals surface area (Å²) in [6.07, 6.45) is 1.51. The highest BCUT2D eigenvalue weighted by Gasteiger charge is 2.22. The molecular weight excluding hydrogens is 232 g/mol. The molecule has 0 saturated carbocycles. The number of aromatic nitrogens is 4. The second kappa shape index (κ2) is 5.93. The monoisotopic (exact) mass is 254 g/mol. The first-order valence-electron chi connectivity index (χ1n) is 6.27. The van der Waals surface area contributed by atoms with Gasteiger partial charge in [0.1, 0.15) is 0 Å². The fraction of sp³-hybridized carbons (Fsp3) is 0.833. The van der Waals surface area contributed by atoms with Gasteiger partial charge in [-0.3, -0.25) is 4.79 Å². The second-order valence-corrected chi connectivity index (χ2v) is 5.79. The summed E-state index contributed by atoms with van der Waals surface area (Å²) in [7, 11) is 0. The van der Waals surface area contributed by atoms with Crippen molar-refractivity contribution in [1.29, 1.82) is 0 Å². The van der Waals surface area contributed by atoms with Crippen molar-refractivity contribution >= 4 is 5.97 Å². The van der Waals surface area contributed by atoms with E-state index in [1.807, 2.05) is 0 Å². The zero-order chi connectivity index (χ0) is 13.8. The van der Waals surface area contributed by atoms with Crippen LogP contribution in [0, 0.1) is 11.3 Å². The molecule has 6 nitrogen and oxygen atoms in total. The van der Waals surface area contributed by atoms with Crippen LogP contribution in [0.4, 0.5) is 0 Å². The minimum Gasteiger partial charge on any atom is -0.481 e. The summed E-state index contributed by atoms with van der Waals surface area (Å²) in [6, 6.07) is 0. The molecule has 1 heterocycles. The van der Waals surface area contributed by atoms with Crippen LogP contribution < -0.4 is 0 Å². The Balaban J connectivity index is 2.57. The summed E-state index contributed by atoms with van der Waals surface area (Å²) in [4.78, 5) is 10.5. The van der Waals surface area contributed by atoms with Gasteiger partial charge in [-0.2, -0.15) is 0 Å². The largest absolute Gasteiger partial charge is 0.481 e. The molecule has 0 aliphatic rings. The predicted octanol–water partition coefficient (Wildman–Crippen LogP) is 1.76. The number of hydrogen-bond acceptors (Lipinski definition) is 4. The second-order valence-electron chi connectivity index (χ2n) is 5.79. The van der Waals surface area contributed by atoms with E-state index in [0.717, 1.165) is 12.2 Å². The number of hydrogen-bond donors (Lipinski definition) is 1. The van der Waals surface area contributed by atoms with E-state index in [-0.39, 0.29) is 11.8 Å². The average Bonchev–Trinajstić information content (AvgIpc) is 2.64. The number of carboxylic acids is 1. The van der Waals surface area contributed by atoms with Crippen molar-refractivity contribution in [3.63, 3.8) is 0 Å². The fourth-order valence-corrected chi connectivity index (χ4v) is 1.50. The van der Waals surface area contributed by atoms with Gasteiger partial charge in [-0.25, -0.2) is 4.68 Å². The van der Waals surface area contributed by atoms with E-state index in [1.165, 1.54) is 0 Å². The molecule has 1 aromatic heterocycles.